The maximum absolute atomic E-state index is 13.4. The lowest BCUT2D eigenvalue weighted by atomic mass is 9.87. The van der Waals surface area contributed by atoms with Gasteiger partial charge < -0.3 is 14.3 Å². The van der Waals surface area contributed by atoms with E-state index in [4.69, 9.17) is 4.42 Å². The molecular weight excluding hydrogens is 413 g/mol. The van der Waals surface area contributed by atoms with Crippen molar-refractivity contribution in [2.45, 2.75) is 39.3 Å². The number of ketones is 1. The molecule has 8 heteroatoms. The smallest absolute Gasteiger partial charge is 0.325 e. The van der Waals surface area contributed by atoms with Gasteiger partial charge in [0.05, 0.1) is 19.4 Å². The second-order valence-corrected chi connectivity index (χ2v) is 7.96. The number of furan rings is 1. The minimum atomic E-state index is -1.32. The number of carbonyl (C=O) groups excluding carboxylic acids is 3. The summed E-state index contributed by atoms with van der Waals surface area (Å²) < 4.78 is 20.7. The van der Waals surface area contributed by atoms with Crippen molar-refractivity contribution < 1.29 is 23.2 Å². The van der Waals surface area contributed by atoms with Gasteiger partial charge in [0.2, 0.25) is 0 Å². The molecule has 2 aromatic heterocycles. The van der Waals surface area contributed by atoms with Gasteiger partial charge in [-0.1, -0.05) is 19.1 Å². The summed E-state index contributed by atoms with van der Waals surface area (Å²) in [5.41, 5.74) is 1.21. The van der Waals surface area contributed by atoms with Crippen molar-refractivity contribution in [3.63, 3.8) is 0 Å². The van der Waals surface area contributed by atoms with Crippen LogP contribution in [0, 0.1) is 19.7 Å². The number of carbonyl (C=O) groups is 3. The quantitative estimate of drug-likeness (QED) is 0.448. The van der Waals surface area contributed by atoms with E-state index in [9.17, 15) is 18.8 Å². The number of hydrogen-bond donors (Lipinski definition) is 1. The number of Topliss-reactive ketones (excluding diaryl/α,β-unsaturated/α-hetero) is 1. The molecule has 0 spiro atoms. The summed E-state index contributed by atoms with van der Waals surface area (Å²) in [6.45, 7) is 5.57. The number of nitrogens with zero attached hydrogens (tertiary/aromatic N) is 2. The van der Waals surface area contributed by atoms with Gasteiger partial charge in [0.25, 0.3) is 5.91 Å². The van der Waals surface area contributed by atoms with Gasteiger partial charge in [0, 0.05) is 17.0 Å². The van der Waals surface area contributed by atoms with Crippen LogP contribution in [-0.2, 0) is 16.9 Å². The van der Waals surface area contributed by atoms with E-state index in [1.54, 1.807) is 25.3 Å². The number of aryl methyl sites for hydroxylation is 1. The van der Waals surface area contributed by atoms with Crippen LogP contribution in [0.25, 0.3) is 0 Å². The first-order chi connectivity index (χ1) is 15.3. The molecule has 166 valence electrons. The highest BCUT2D eigenvalue weighted by Crippen LogP contribution is 2.33. The van der Waals surface area contributed by atoms with Gasteiger partial charge in [0.15, 0.2) is 5.78 Å². The fourth-order valence-electron chi connectivity index (χ4n) is 4.26. The van der Waals surface area contributed by atoms with E-state index in [0.29, 0.717) is 17.7 Å². The van der Waals surface area contributed by atoms with E-state index in [1.807, 2.05) is 24.5 Å². The number of imide groups is 1. The Morgan fingerprint density at radius 3 is 2.50 bits per heavy atom. The molecule has 1 aromatic carbocycles. The van der Waals surface area contributed by atoms with Crippen molar-refractivity contribution in [1.82, 2.24) is 14.8 Å². The standard InChI is InChI=1S/C24H24FN3O4/c1-4-24(17-7-9-18(25)10-8-17)22(30)28(23(31)26-24)14-21(29)20-12-15(2)27(16(20)3)13-19-6-5-11-32-19/h5-12H,4,13-14H2,1-3H3,(H,26,31)/t24-/m0/s1. The predicted molar refractivity (Wildman–Crippen MR) is 115 cm³/mol. The second-order valence-electron chi connectivity index (χ2n) is 7.96. The Morgan fingerprint density at radius 2 is 1.88 bits per heavy atom. The maximum Gasteiger partial charge on any atom is 0.325 e. The largest absolute Gasteiger partial charge is 0.467 e. The molecule has 1 atom stereocenters. The molecular formula is C24H24FN3O4. The molecule has 0 radical (unpaired) electrons. The molecule has 32 heavy (non-hydrogen) atoms. The Kier molecular flexibility index (Phi) is 5.46. The van der Waals surface area contributed by atoms with E-state index < -0.39 is 23.3 Å². The van der Waals surface area contributed by atoms with Crippen molar-refractivity contribution >= 4 is 17.7 Å². The van der Waals surface area contributed by atoms with E-state index in [0.717, 1.165) is 22.0 Å². The van der Waals surface area contributed by atoms with Gasteiger partial charge >= 0.3 is 6.03 Å². The highest BCUT2D eigenvalue weighted by atomic mass is 19.1. The molecule has 3 heterocycles. The number of benzene rings is 1. The van der Waals surface area contributed by atoms with Crippen molar-refractivity contribution in [3.8, 4) is 0 Å². The Labute approximate surface area is 184 Å². The number of urea groups is 1. The molecule has 1 aliphatic rings. The first kappa shape index (κ1) is 21.5. The highest BCUT2D eigenvalue weighted by Gasteiger charge is 2.51. The Bertz CT molecular complexity index is 1180. The molecule has 1 N–H and O–H groups in total. The van der Waals surface area contributed by atoms with Gasteiger partial charge in [-0.05, 0) is 56.2 Å². The zero-order valence-electron chi connectivity index (χ0n) is 18.1. The highest BCUT2D eigenvalue weighted by molar-refractivity contribution is 6.11. The molecule has 0 aliphatic carbocycles. The molecule has 0 bridgehead atoms. The summed E-state index contributed by atoms with van der Waals surface area (Å²) >= 11 is 0. The molecule has 1 aliphatic heterocycles. The van der Waals surface area contributed by atoms with E-state index in [1.165, 1.54) is 24.3 Å². The van der Waals surface area contributed by atoms with Crippen LogP contribution in [0.1, 0.15) is 46.4 Å². The molecule has 3 aromatic rings. The van der Waals surface area contributed by atoms with Crippen molar-refractivity contribution in [2.75, 3.05) is 6.54 Å². The number of nitrogens with one attached hydrogen (secondary N) is 1. The maximum atomic E-state index is 13.4. The van der Waals surface area contributed by atoms with Gasteiger partial charge in [0.1, 0.15) is 17.1 Å². The summed E-state index contributed by atoms with van der Waals surface area (Å²) in [6.07, 6.45) is 1.86. The third-order valence-electron chi connectivity index (χ3n) is 6.11. The number of halogens is 1. The molecule has 0 unspecified atom stereocenters. The summed E-state index contributed by atoms with van der Waals surface area (Å²) in [6, 6.07) is 10.2. The monoisotopic (exact) mass is 437 g/mol. The molecule has 4 rings (SSSR count). The molecule has 1 saturated heterocycles. The summed E-state index contributed by atoms with van der Waals surface area (Å²) in [4.78, 5) is 40.0. The zero-order valence-corrected chi connectivity index (χ0v) is 18.1. The Hall–Kier alpha value is -3.68. The average Bonchev–Trinajstić information content (AvgIpc) is 3.45. The zero-order chi connectivity index (χ0) is 23.0. The minimum Gasteiger partial charge on any atom is -0.467 e. The topological polar surface area (TPSA) is 84.6 Å². The summed E-state index contributed by atoms with van der Waals surface area (Å²) in [5.74, 6) is -0.534. The fraction of sp³-hybridized carbons (Fsp3) is 0.292. The van der Waals surface area contributed by atoms with Crippen molar-refractivity contribution in [1.29, 1.82) is 0 Å². The van der Waals surface area contributed by atoms with Crippen LogP contribution < -0.4 is 5.32 Å². The number of amides is 3. The van der Waals surface area contributed by atoms with E-state index >= 15 is 0 Å². The SMILES string of the molecule is CC[C@@]1(c2ccc(F)cc2)NC(=O)N(CC(=O)c2cc(C)n(Cc3ccco3)c2C)C1=O. The van der Waals surface area contributed by atoms with Crippen LogP contribution in [0.4, 0.5) is 9.18 Å². The van der Waals surface area contributed by atoms with Crippen LogP contribution in [0.5, 0.6) is 0 Å². The number of aromatic nitrogens is 1. The van der Waals surface area contributed by atoms with Crippen molar-refractivity contribution in [2.24, 2.45) is 0 Å². The number of rotatable bonds is 7. The minimum absolute atomic E-state index is 0.269. The number of hydrogen-bond acceptors (Lipinski definition) is 4. The van der Waals surface area contributed by atoms with Gasteiger partial charge in [-0.15, -0.1) is 0 Å². The van der Waals surface area contributed by atoms with Crippen LogP contribution in [0.2, 0.25) is 0 Å². The second kappa shape index (κ2) is 8.11. The van der Waals surface area contributed by atoms with Gasteiger partial charge in [-0.3, -0.25) is 14.5 Å². The first-order valence-electron chi connectivity index (χ1n) is 10.4. The summed E-state index contributed by atoms with van der Waals surface area (Å²) in [7, 11) is 0. The van der Waals surface area contributed by atoms with Gasteiger partial charge in [-0.25, -0.2) is 9.18 Å². The third-order valence-corrected chi connectivity index (χ3v) is 6.11. The molecule has 0 saturated carbocycles. The normalized spacial score (nSPS) is 18.3. The van der Waals surface area contributed by atoms with Gasteiger partial charge in [-0.2, -0.15) is 0 Å². The molecule has 7 nitrogen and oxygen atoms in total. The molecule has 3 amide bonds. The van der Waals surface area contributed by atoms with E-state index in [2.05, 4.69) is 5.32 Å². The third kappa shape index (κ3) is 3.51. The first-order valence-corrected chi connectivity index (χ1v) is 10.4. The van der Waals surface area contributed by atoms with Crippen molar-refractivity contribution in [3.05, 3.63) is 82.8 Å². The van der Waals surface area contributed by atoms with Crippen LogP contribution in [0.15, 0.2) is 53.1 Å². The van der Waals surface area contributed by atoms with Crippen LogP contribution in [0.3, 0.4) is 0 Å². The Morgan fingerprint density at radius 1 is 1.16 bits per heavy atom. The fourth-order valence-corrected chi connectivity index (χ4v) is 4.26. The lowest BCUT2D eigenvalue weighted by Gasteiger charge is -2.25. The lowest BCUT2D eigenvalue weighted by Crippen LogP contribution is -2.43. The average molecular weight is 437 g/mol. The Balaban J connectivity index is 1.58. The predicted octanol–water partition coefficient (Wildman–Crippen LogP) is 3.93. The van der Waals surface area contributed by atoms with Crippen LogP contribution >= 0.6 is 0 Å². The summed E-state index contributed by atoms with van der Waals surface area (Å²) in [5, 5.41) is 2.72. The van der Waals surface area contributed by atoms with E-state index in [-0.39, 0.29) is 18.7 Å². The van der Waals surface area contributed by atoms with Crippen LogP contribution in [-0.4, -0.2) is 33.7 Å². The lowest BCUT2D eigenvalue weighted by molar-refractivity contribution is -0.131. The molecule has 1 fully saturated rings.